The molecule has 124 valence electrons. The maximum absolute atomic E-state index is 12.4. The monoisotopic (exact) mass is 336 g/mol. The molecular formula is C15H20N4O3S. The number of benzene rings is 1. The Morgan fingerprint density at radius 2 is 2.09 bits per heavy atom. The number of rotatable bonds is 6. The second-order valence-electron chi connectivity index (χ2n) is 5.31. The normalized spacial score (nSPS) is 11.3. The number of nitrogens with zero attached hydrogens (tertiary/aromatic N) is 2. The number of hydrogen-bond donors (Lipinski definition) is 2. The summed E-state index contributed by atoms with van der Waals surface area (Å²) in [7, 11) is -3.46. The molecule has 0 spiro atoms. The van der Waals surface area contributed by atoms with E-state index in [1.54, 1.807) is 29.1 Å². The molecular weight excluding hydrogens is 316 g/mol. The predicted molar refractivity (Wildman–Crippen MR) is 88.7 cm³/mol. The standard InChI is InChI=1S/C15H20N4O3S/c1-4-19-10-12(9-17-19)8-16-15(20)13-7-11(2)5-6-14(13)18-23(3,21)22/h5-7,9-10,18H,4,8H2,1-3H3,(H,16,20). The molecule has 0 saturated carbocycles. The summed E-state index contributed by atoms with van der Waals surface area (Å²) in [5.41, 5.74) is 2.30. The molecule has 2 aromatic rings. The van der Waals surface area contributed by atoms with E-state index < -0.39 is 10.0 Å². The zero-order valence-electron chi connectivity index (χ0n) is 13.3. The van der Waals surface area contributed by atoms with Crippen LogP contribution in [0.15, 0.2) is 30.6 Å². The minimum absolute atomic E-state index is 0.264. The Bertz CT molecular complexity index is 812. The van der Waals surface area contributed by atoms with E-state index in [2.05, 4.69) is 15.1 Å². The van der Waals surface area contributed by atoms with Crippen molar-refractivity contribution in [1.29, 1.82) is 0 Å². The Kier molecular flexibility index (Phi) is 5.05. The molecule has 0 unspecified atom stereocenters. The highest BCUT2D eigenvalue weighted by molar-refractivity contribution is 7.92. The molecule has 2 N–H and O–H groups in total. The Morgan fingerprint density at radius 3 is 2.70 bits per heavy atom. The van der Waals surface area contributed by atoms with Gasteiger partial charge in [0.2, 0.25) is 10.0 Å². The zero-order valence-corrected chi connectivity index (χ0v) is 14.1. The van der Waals surface area contributed by atoms with Crippen molar-refractivity contribution in [1.82, 2.24) is 15.1 Å². The second kappa shape index (κ2) is 6.82. The lowest BCUT2D eigenvalue weighted by Gasteiger charge is -2.11. The number of amides is 1. The van der Waals surface area contributed by atoms with Crippen LogP contribution in [-0.4, -0.2) is 30.4 Å². The van der Waals surface area contributed by atoms with Gasteiger partial charge in [-0.25, -0.2) is 8.42 Å². The number of sulfonamides is 1. The van der Waals surface area contributed by atoms with Crippen molar-refractivity contribution >= 4 is 21.6 Å². The van der Waals surface area contributed by atoms with Crippen molar-refractivity contribution in [2.75, 3.05) is 11.0 Å². The van der Waals surface area contributed by atoms with Gasteiger partial charge < -0.3 is 5.32 Å². The Morgan fingerprint density at radius 1 is 1.35 bits per heavy atom. The fraction of sp³-hybridized carbons (Fsp3) is 0.333. The van der Waals surface area contributed by atoms with Gasteiger partial charge in [-0.05, 0) is 26.0 Å². The molecule has 0 aliphatic carbocycles. The van der Waals surface area contributed by atoms with Gasteiger partial charge in [0, 0.05) is 24.8 Å². The lowest BCUT2D eigenvalue weighted by Crippen LogP contribution is -2.24. The summed E-state index contributed by atoms with van der Waals surface area (Å²) in [6, 6.07) is 4.98. The van der Waals surface area contributed by atoms with Gasteiger partial charge in [-0.3, -0.25) is 14.2 Å². The third-order valence-electron chi connectivity index (χ3n) is 3.18. The van der Waals surface area contributed by atoms with Crippen LogP contribution in [0.4, 0.5) is 5.69 Å². The molecule has 1 amide bonds. The molecule has 1 aromatic heterocycles. The van der Waals surface area contributed by atoms with Crippen LogP contribution in [0.2, 0.25) is 0 Å². The van der Waals surface area contributed by atoms with Gasteiger partial charge >= 0.3 is 0 Å². The summed E-state index contributed by atoms with van der Waals surface area (Å²) in [4.78, 5) is 12.4. The highest BCUT2D eigenvalue weighted by Crippen LogP contribution is 2.18. The van der Waals surface area contributed by atoms with Gasteiger partial charge in [-0.1, -0.05) is 11.6 Å². The van der Waals surface area contributed by atoms with Crippen LogP contribution in [-0.2, 0) is 23.1 Å². The first-order valence-corrected chi connectivity index (χ1v) is 9.05. The van der Waals surface area contributed by atoms with Crippen LogP contribution in [0.25, 0.3) is 0 Å². The molecule has 0 aliphatic heterocycles. The van der Waals surface area contributed by atoms with Crippen LogP contribution in [0.5, 0.6) is 0 Å². The molecule has 7 nitrogen and oxygen atoms in total. The van der Waals surface area contributed by atoms with Crippen molar-refractivity contribution in [3.05, 3.63) is 47.3 Å². The van der Waals surface area contributed by atoms with Gasteiger partial charge in [0.25, 0.3) is 5.91 Å². The van der Waals surface area contributed by atoms with Gasteiger partial charge in [-0.2, -0.15) is 5.10 Å². The number of carbonyl (C=O) groups is 1. The van der Waals surface area contributed by atoms with E-state index in [0.29, 0.717) is 12.1 Å². The highest BCUT2D eigenvalue weighted by Gasteiger charge is 2.14. The topological polar surface area (TPSA) is 93.1 Å². The molecule has 1 heterocycles. The largest absolute Gasteiger partial charge is 0.348 e. The van der Waals surface area contributed by atoms with Crippen LogP contribution in [0.3, 0.4) is 0 Å². The predicted octanol–water partition coefficient (Wildman–Crippen LogP) is 1.51. The van der Waals surface area contributed by atoms with Crippen molar-refractivity contribution in [3.63, 3.8) is 0 Å². The van der Waals surface area contributed by atoms with Crippen molar-refractivity contribution in [2.24, 2.45) is 0 Å². The average molecular weight is 336 g/mol. The van der Waals surface area contributed by atoms with E-state index in [9.17, 15) is 13.2 Å². The summed E-state index contributed by atoms with van der Waals surface area (Å²) in [6.07, 6.45) is 4.59. The fourth-order valence-corrected chi connectivity index (χ4v) is 2.66. The summed E-state index contributed by atoms with van der Waals surface area (Å²) in [5, 5.41) is 6.92. The molecule has 0 atom stereocenters. The molecule has 1 aromatic carbocycles. The lowest BCUT2D eigenvalue weighted by atomic mass is 10.1. The van der Waals surface area contributed by atoms with E-state index >= 15 is 0 Å². The number of carbonyl (C=O) groups excluding carboxylic acids is 1. The lowest BCUT2D eigenvalue weighted by molar-refractivity contribution is 0.0951. The van der Waals surface area contributed by atoms with Crippen LogP contribution in [0.1, 0.15) is 28.4 Å². The third kappa shape index (κ3) is 4.82. The number of nitrogens with one attached hydrogen (secondary N) is 2. The number of aryl methyl sites for hydroxylation is 2. The summed E-state index contributed by atoms with van der Waals surface area (Å²) < 4.78 is 27.0. The Hall–Kier alpha value is -2.35. The van der Waals surface area contributed by atoms with E-state index in [1.165, 1.54) is 0 Å². The minimum Gasteiger partial charge on any atom is -0.348 e. The number of aromatic nitrogens is 2. The number of hydrogen-bond acceptors (Lipinski definition) is 4. The first kappa shape index (κ1) is 17.0. The quantitative estimate of drug-likeness (QED) is 0.836. The average Bonchev–Trinajstić information content (AvgIpc) is 2.93. The Balaban J connectivity index is 2.15. The van der Waals surface area contributed by atoms with Gasteiger partial charge in [-0.15, -0.1) is 0 Å². The molecule has 0 fully saturated rings. The van der Waals surface area contributed by atoms with E-state index in [1.807, 2.05) is 20.0 Å². The fourth-order valence-electron chi connectivity index (χ4n) is 2.08. The number of anilines is 1. The first-order valence-electron chi connectivity index (χ1n) is 7.16. The molecule has 0 saturated heterocycles. The zero-order chi connectivity index (χ0) is 17.0. The second-order valence-corrected chi connectivity index (χ2v) is 7.06. The van der Waals surface area contributed by atoms with Crippen molar-refractivity contribution in [3.8, 4) is 0 Å². The summed E-state index contributed by atoms with van der Waals surface area (Å²) >= 11 is 0. The van der Waals surface area contributed by atoms with Crippen LogP contribution in [0, 0.1) is 6.92 Å². The summed E-state index contributed by atoms with van der Waals surface area (Å²) in [6.45, 7) is 4.90. The maximum Gasteiger partial charge on any atom is 0.253 e. The highest BCUT2D eigenvalue weighted by atomic mass is 32.2. The van der Waals surface area contributed by atoms with Gasteiger partial charge in [0.1, 0.15) is 0 Å². The van der Waals surface area contributed by atoms with Crippen molar-refractivity contribution in [2.45, 2.75) is 26.9 Å². The molecule has 0 radical (unpaired) electrons. The van der Waals surface area contributed by atoms with E-state index in [-0.39, 0.29) is 11.6 Å². The molecule has 0 aliphatic rings. The van der Waals surface area contributed by atoms with Crippen LogP contribution < -0.4 is 10.0 Å². The van der Waals surface area contributed by atoms with Gasteiger partial charge in [0.15, 0.2) is 0 Å². The maximum atomic E-state index is 12.4. The third-order valence-corrected chi connectivity index (χ3v) is 3.77. The first-order chi connectivity index (χ1) is 10.8. The summed E-state index contributed by atoms with van der Waals surface area (Å²) in [5.74, 6) is -0.343. The van der Waals surface area contributed by atoms with Gasteiger partial charge in [0.05, 0.1) is 23.7 Å². The minimum atomic E-state index is -3.46. The van der Waals surface area contributed by atoms with E-state index in [0.717, 1.165) is 23.9 Å². The molecule has 8 heteroatoms. The van der Waals surface area contributed by atoms with Crippen molar-refractivity contribution < 1.29 is 13.2 Å². The SMILES string of the molecule is CCn1cc(CNC(=O)c2cc(C)ccc2NS(C)(=O)=O)cn1. The molecule has 23 heavy (non-hydrogen) atoms. The van der Waals surface area contributed by atoms with Crippen LogP contribution >= 0.6 is 0 Å². The smallest absolute Gasteiger partial charge is 0.253 e. The van der Waals surface area contributed by atoms with E-state index in [4.69, 9.17) is 0 Å². The Labute approximate surface area is 135 Å². The molecule has 2 rings (SSSR count). The molecule has 0 bridgehead atoms.